The maximum Gasteiger partial charge on any atom is 0.257 e. The third kappa shape index (κ3) is 2.73. The SMILES string of the molecule is Cc1nn(C)c2nc(C3(C)CCCN(C(=O)c4cncnc4)C3)ccc12. The first-order chi connectivity index (χ1) is 12.5. The van der Waals surface area contributed by atoms with Crippen LogP contribution in [0.3, 0.4) is 0 Å². The number of aromatic nitrogens is 5. The molecule has 1 amide bonds. The van der Waals surface area contributed by atoms with Crippen LogP contribution >= 0.6 is 0 Å². The summed E-state index contributed by atoms with van der Waals surface area (Å²) >= 11 is 0. The summed E-state index contributed by atoms with van der Waals surface area (Å²) in [4.78, 5) is 27.5. The summed E-state index contributed by atoms with van der Waals surface area (Å²) in [6, 6.07) is 4.17. The summed E-state index contributed by atoms with van der Waals surface area (Å²) in [6.45, 7) is 5.56. The first-order valence-electron chi connectivity index (χ1n) is 8.83. The molecular weight excluding hydrogens is 328 g/mol. The summed E-state index contributed by atoms with van der Waals surface area (Å²) in [5, 5.41) is 5.53. The summed E-state index contributed by atoms with van der Waals surface area (Å²) in [7, 11) is 1.92. The zero-order chi connectivity index (χ0) is 18.3. The fourth-order valence-electron chi connectivity index (χ4n) is 3.85. The van der Waals surface area contributed by atoms with E-state index in [1.165, 1.54) is 6.33 Å². The lowest BCUT2D eigenvalue weighted by molar-refractivity contribution is 0.0647. The van der Waals surface area contributed by atoms with Crippen molar-refractivity contribution < 1.29 is 4.79 Å². The van der Waals surface area contributed by atoms with Gasteiger partial charge in [0.1, 0.15) is 6.33 Å². The standard InChI is InChI=1S/C19H22N6O/c1-13-15-5-6-16(22-17(15)24(3)23-13)19(2)7-4-8-25(11-19)18(26)14-9-20-12-21-10-14/h5-6,9-10,12H,4,7-8,11H2,1-3H3. The Morgan fingerprint density at radius 2 is 2.00 bits per heavy atom. The molecule has 26 heavy (non-hydrogen) atoms. The minimum atomic E-state index is -0.185. The first-order valence-corrected chi connectivity index (χ1v) is 8.83. The molecule has 1 fully saturated rings. The number of carbonyl (C=O) groups is 1. The van der Waals surface area contributed by atoms with E-state index in [0.29, 0.717) is 12.1 Å². The van der Waals surface area contributed by atoms with E-state index in [0.717, 1.165) is 41.8 Å². The molecular formula is C19H22N6O. The molecule has 1 unspecified atom stereocenters. The van der Waals surface area contributed by atoms with Crippen molar-refractivity contribution in [1.82, 2.24) is 29.6 Å². The van der Waals surface area contributed by atoms with Gasteiger partial charge in [0.05, 0.1) is 17.0 Å². The Bertz CT molecular complexity index is 967. The number of piperidine rings is 1. The molecule has 4 heterocycles. The van der Waals surface area contributed by atoms with Crippen molar-refractivity contribution in [3.8, 4) is 0 Å². The average molecular weight is 350 g/mol. The maximum absolute atomic E-state index is 12.8. The molecule has 1 saturated heterocycles. The van der Waals surface area contributed by atoms with E-state index >= 15 is 0 Å². The van der Waals surface area contributed by atoms with E-state index in [1.807, 2.05) is 23.6 Å². The summed E-state index contributed by atoms with van der Waals surface area (Å²) in [5.41, 5.74) is 3.23. The number of rotatable bonds is 2. The fraction of sp³-hybridized carbons (Fsp3) is 0.421. The molecule has 0 bridgehead atoms. The van der Waals surface area contributed by atoms with E-state index in [1.54, 1.807) is 12.4 Å². The van der Waals surface area contributed by atoms with Gasteiger partial charge in [-0.25, -0.2) is 15.0 Å². The predicted molar refractivity (Wildman–Crippen MR) is 97.8 cm³/mol. The Balaban J connectivity index is 1.65. The molecule has 1 aliphatic heterocycles. The minimum Gasteiger partial charge on any atom is -0.338 e. The van der Waals surface area contributed by atoms with Crippen LogP contribution in [-0.4, -0.2) is 48.6 Å². The second-order valence-electron chi connectivity index (χ2n) is 7.29. The highest BCUT2D eigenvalue weighted by molar-refractivity contribution is 5.93. The number of fused-ring (bicyclic) bond motifs is 1. The van der Waals surface area contributed by atoms with Crippen molar-refractivity contribution in [3.63, 3.8) is 0 Å². The van der Waals surface area contributed by atoms with Crippen LogP contribution in [0.2, 0.25) is 0 Å². The molecule has 0 spiro atoms. The van der Waals surface area contributed by atoms with Gasteiger partial charge in [0.25, 0.3) is 5.91 Å². The number of likely N-dealkylation sites (tertiary alicyclic amines) is 1. The molecule has 0 radical (unpaired) electrons. The number of hydrogen-bond acceptors (Lipinski definition) is 5. The van der Waals surface area contributed by atoms with Crippen LogP contribution in [0.25, 0.3) is 11.0 Å². The summed E-state index contributed by atoms with van der Waals surface area (Å²) in [6.07, 6.45) is 6.53. The quantitative estimate of drug-likeness (QED) is 0.708. The largest absolute Gasteiger partial charge is 0.338 e. The van der Waals surface area contributed by atoms with E-state index < -0.39 is 0 Å². The molecule has 0 saturated carbocycles. The minimum absolute atomic E-state index is 0.0195. The van der Waals surface area contributed by atoms with E-state index in [9.17, 15) is 4.79 Å². The van der Waals surface area contributed by atoms with Gasteiger partial charge < -0.3 is 4.90 Å². The van der Waals surface area contributed by atoms with Crippen molar-refractivity contribution >= 4 is 16.9 Å². The molecule has 1 atom stereocenters. The number of hydrogen-bond donors (Lipinski definition) is 0. The van der Waals surface area contributed by atoms with E-state index in [-0.39, 0.29) is 11.3 Å². The molecule has 0 aromatic carbocycles. The topological polar surface area (TPSA) is 76.8 Å². The van der Waals surface area contributed by atoms with Crippen molar-refractivity contribution in [3.05, 3.63) is 47.8 Å². The predicted octanol–water partition coefficient (Wildman–Crippen LogP) is 2.26. The van der Waals surface area contributed by atoms with Gasteiger partial charge in [0.15, 0.2) is 5.65 Å². The number of pyridine rings is 1. The highest BCUT2D eigenvalue weighted by Crippen LogP contribution is 2.34. The lowest BCUT2D eigenvalue weighted by Crippen LogP contribution is -2.47. The van der Waals surface area contributed by atoms with Gasteiger partial charge in [0.2, 0.25) is 0 Å². The zero-order valence-electron chi connectivity index (χ0n) is 15.3. The molecule has 7 nitrogen and oxygen atoms in total. The van der Waals surface area contributed by atoms with Gasteiger partial charge in [-0.1, -0.05) is 6.92 Å². The van der Waals surface area contributed by atoms with Gasteiger partial charge in [-0.3, -0.25) is 9.48 Å². The molecule has 0 N–H and O–H groups in total. The number of nitrogens with zero attached hydrogens (tertiary/aromatic N) is 6. The van der Waals surface area contributed by atoms with Gasteiger partial charge in [-0.05, 0) is 31.9 Å². The number of amides is 1. The third-order valence-corrected chi connectivity index (χ3v) is 5.28. The highest BCUT2D eigenvalue weighted by atomic mass is 16.2. The van der Waals surface area contributed by atoms with Crippen LogP contribution in [0.1, 0.15) is 41.5 Å². The molecule has 134 valence electrons. The van der Waals surface area contributed by atoms with Crippen molar-refractivity contribution in [2.75, 3.05) is 13.1 Å². The van der Waals surface area contributed by atoms with E-state index in [2.05, 4.69) is 34.1 Å². The van der Waals surface area contributed by atoms with Gasteiger partial charge >= 0.3 is 0 Å². The van der Waals surface area contributed by atoms with Crippen LogP contribution in [-0.2, 0) is 12.5 Å². The summed E-state index contributed by atoms with van der Waals surface area (Å²) in [5.74, 6) is -0.0195. The molecule has 0 aliphatic carbocycles. The van der Waals surface area contributed by atoms with Crippen molar-refractivity contribution in [2.45, 2.75) is 32.1 Å². The molecule has 3 aromatic rings. The second-order valence-corrected chi connectivity index (χ2v) is 7.29. The van der Waals surface area contributed by atoms with Crippen LogP contribution < -0.4 is 0 Å². The third-order valence-electron chi connectivity index (χ3n) is 5.28. The van der Waals surface area contributed by atoms with Crippen LogP contribution in [0.4, 0.5) is 0 Å². The Morgan fingerprint density at radius 3 is 2.77 bits per heavy atom. The summed E-state index contributed by atoms with van der Waals surface area (Å²) < 4.78 is 1.82. The monoisotopic (exact) mass is 350 g/mol. The van der Waals surface area contributed by atoms with Crippen LogP contribution in [0.5, 0.6) is 0 Å². The van der Waals surface area contributed by atoms with Crippen molar-refractivity contribution in [2.24, 2.45) is 7.05 Å². The highest BCUT2D eigenvalue weighted by Gasteiger charge is 2.36. The zero-order valence-corrected chi connectivity index (χ0v) is 15.3. The van der Waals surface area contributed by atoms with Crippen LogP contribution in [0.15, 0.2) is 30.9 Å². The van der Waals surface area contributed by atoms with Crippen LogP contribution in [0, 0.1) is 6.92 Å². The molecule has 4 rings (SSSR count). The molecule has 3 aromatic heterocycles. The average Bonchev–Trinajstić information content (AvgIpc) is 2.95. The number of carbonyl (C=O) groups excluding carboxylic acids is 1. The second kappa shape index (κ2) is 6.16. The Morgan fingerprint density at radius 1 is 1.23 bits per heavy atom. The lowest BCUT2D eigenvalue weighted by Gasteiger charge is -2.40. The van der Waals surface area contributed by atoms with Gasteiger partial charge in [-0.15, -0.1) is 0 Å². The van der Waals surface area contributed by atoms with Gasteiger partial charge in [-0.2, -0.15) is 5.10 Å². The first kappa shape index (κ1) is 16.6. The van der Waals surface area contributed by atoms with E-state index in [4.69, 9.17) is 4.98 Å². The normalized spacial score (nSPS) is 20.5. The lowest BCUT2D eigenvalue weighted by atomic mass is 9.78. The van der Waals surface area contributed by atoms with Gasteiger partial charge in [0, 0.05) is 43.3 Å². The van der Waals surface area contributed by atoms with Crippen molar-refractivity contribution in [1.29, 1.82) is 0 Å². The Hall–Kier alpha value is -2.83. The number of aryl methyl sites for hydroxylation is 2. The smallest absolute Gasteiger partial charge is 0.257 e. The Kier molecular flexibility index (Phi) is 3.94. The molecule has 7 heteroatoms. The molecule has 1 aliphatic rings. The fourth-order valence-corrected chi connectivity index (χ4v) is 3.85. The maximum atomic E-state index is 12.8. The Labute approximate surface area is 152 Å².